The van der Waals surface area contributed by atoms with Crippen molar-refractivity contribution in [3.05, 3.63) is 23.8 Å². The van der Waals surface area contributed by atoms with Crippen molar-refractivity contribution < 1.29 is 9.90 Å². The number of nitrogen functional groups attached to an aromatic ring is 1. The molecule has 4 heteroatoms. The van der Waals surface area contributed by atoms with Crippen LogP contribution >= 0.6 is 0 Å². The lowest BCUT2D eigenvalue weighted by molar-refractivity contribution is -0.137. The number of carboxylic acid groups (broad SMARTS) is 1. The Morgan fingerprint density at radius 1 is 1.14 bits per heavy atom. The summed E-state index contributed by atoms with van der Waals surface area (Å²) in [4.78, 5) is 13.2. The van der Waals surface area contributed by atoms with Crippen molar-refractivity contribution in [3.8, 4) is 0 Å². The van der Waals surface area contributed by atoms with Crippen LogP contribution in [0.1, 0.15) is 52.5 Å². The lowest BCUT2D eigenvalue weighted by Crippen LogP contribution is -2.31. The van der Waals surface area contributed by atoms with E-state index in [9.17, 15) is 4.79 Å². The quantitative estimate of drug-likeness (QED) is 0.713. The van der Waals surface area contributed by atoms with Gasteiger partial charge in [-0.25, -0.2) is 0 Å². The van der Waals surface area contributed by atoms with Crippen LogP contribution in [0.15, 0.2) is 18.2 Å². The zero-order valence-electron chi connectivity index (χ0n) is 14.5. The molecule has 0 fully saturated rings. The number of anilines is 2. The van der Waals surface area contributed by atoms with E-state index in [2.05, 4.69) is 32.6 Å². The van der Waals surface area contributed by atoms with E-state index in [0.29, 0.717) is 11.8 Å². The van der Waals surface area contributed by atoms with Crippen molar-refractivity contribution in [2.45, 2.75) is 47.0 Å². The van der Waals surface area contributed by atoms with Crippen LogP contribution in [0.2, 0.25) is 0 Å². The lowest BCUT2D eigenvalue weighted by atomic mass is 9.96. The van der Waals surface area contributed by atoms with E-state index in [1.165, 1.54) is 0 Å². The fraction of sp³-hybridized carbons (Fsp3) is 0.611. The first-order valence-corrected chi connectivity index (χ1v) is 8.06. The number of nitrogens with two attached hydrogens (primary N) is 1. The topological polar surface area (TPSA) is 66.6 Å². The molecular weight excluding hydrogens is 276 g/mol. The molecule has 0 heterocycles. The molecule has 0 amide bonds. The van der Waals surface area contributed by atoms with Crippen molar-refractivity contribution in [1.82, 2.24) is 0 Å². The average Bonchev–Trinajstić information content (AvgIpc) is 2.35. The highest BCUT2D eigenvalue weighted by molar-refractivity contribution is 5.71. The molecule has 4 nitrogen and oxygen atoms in total. The van der Waals surface area contributed by atoms with Crippen molar-refractivity contribution in [1.29, 1.82) is 0 Å². The van der Waals surface area contributed by atoms with E-state index in [4.69, 9.17) is 10.8 Å². The Balaban J connectivity index is 3.00. The lowest BCUT2D eigenvalue weighted by Gasteiger charge is -2.30. The summed E-state index contributed by atoms with van der Waals surface area (Å²) in [6.07, 6.45) is 0.125. The monoisotopic (exact) mass is 306 g/mol. The number of rotatable bonds is 8. The van der Waals surface area contributed by atoms with Gasteiger partial charge in [0.05, 0.1) is 17.8 Å². The maximum absolute atomic E-state index is 10.8. The highest BCUT2D eigenvalue weighted by atomic mass is 16.4. The van der Waals surface area contributed by atoms with Gasteiger partial charge in [-0.15, -0.1) is 0 Å². The largest absolute Gasteiger partial charge is 0.481 e. The third kappa shape index (κ3) is 5.58. The smallest absolute Gasteiger partial charge is 0.303 e. The molecule has 0 aliphatic carbocycles. The van der Waals surface area contributed by atoms with Gasteiger partial charge in [-0.1, -0.05) is 40.7 Å². The number of hydrogen-bond donors (Lipinski definition) is 2. The molecule has 1 aromatic rings. The van der Waals surface area contributed by atoms with Crippen LogP contribution in [-0.4, -0.2) is 24.2 Å². The normalized spacial score (nSPS) is 12.7. The van der Waals surface area contributed by atoms with Crippen molar-refractivity contribution in [2.24, 2.45) is 11.8 Å². The summed E-state index contributed by atoms with van der Waals surface area (Å²) >= 11 is 0. The zero-order chi connectivity index (χ0) is 16.9. The molecule has 1 rings (SSSR count). The van der Waals surface area contributed by atoms with Crippen molar-refractivity contribution >= 4 is 17.3 Å². The molecule has 124 valence electrons. The van der Waals surface area contributed by atoms with E-state index in [-0.39, 0.29) is 12.3 Å². The first kappa shape index (κ1) is 18.3. The standard InChI is InChI=1S/C18H30N2O2/c1-12(2)10-20(11-13(3)4)17-7-6-15(9-16(17)19)14(5)8-18(21)22/h6-7,9,12-14H,8,10-11,19H2,1-5H3,(H,21,22)/t14-/m1/s1. The second kappa shape index (κ2) is 8.06. The van der Waals surface area contributed by atoms with Gasteiger partial charge in [-0.05, 0) is 35.4 Å². The second-order valence-electron chi connectivity index (χ2n) is 7.01. The highest BCUT2D eigenvalue weighted by Gasteiger charge is 2.16. The molecule has 0 aliphatic heterocycles. The van der Waals surface area contributed by atoms with E-state index >= 15 is 0 Å². The summed E-state index contributed by atoms with van der Waals surface area (Å²) < 4.78 is 0. The van der Waals surface area contributed by atoms with Gasteiger partial charge in [0.15, 0.2) is 0 Å². The SMILES string of the molecule is CC(C)CN(CC(C)C)c1ccc([C@H](C)CC(=O)O)cc1N. The Morgan fingerprint density at radius 3 is 2.09 bits per heavy atom. The number of carbonyl (C=O) groups is 1. The number of aliphatic carboxylic acids is 1. The summed E-state index contributed by atoms with van der Waals surface area (Å²) in [5.41, 5.74) is 9.02. The number of benzene rings is 1. The van der Waals surface area contributed by atoms with E-state index < -0.39 is 5.97 Å². The zero-order valence-corrected chi connectivity index (χ0v) is 14.5. The Morgan fingerprint density at radius 2 is 1.68 bits per heavy atom. The minimum atomic E-state index is -0.781. The van der Waals surface area contributed by atoms with Crippen LogP contribution in [-0.2, 0) is 4.79 Å². The van der Waals surface area contributed by atoms with Gasteiger partial charge in [0, 0.05) is 13.1 Å². The molecule has 3 N–H and O–H groups in total. The molecule has 1 atom stereocenters. The van der Waals surface area contributed by atoms with Gasteiger partial charge in [-0.3, -0.25) is 4.79 Å². The predicted octanol–water partition coefficient (Wildman–Crippen LogP) is 3.97. The Bertz CT molecular complexity index is 488. The van der Waals surface area contributed by atoms with Crippen molar-refractivity contribution in [2.75, 3.05) is 23.7 Å². The molecule has 0 spiro atoms. The molecule has 0 aromatic heterocycles. The number of hydrogen-bond acceptors (Lipinski definition) is 3. The number of carboxylic acids is 1. The van der Waals surface area contributed by atoms with E-state index in [1.54, 1.807) is 0 Å². The van der Waals surface area contributed by atoms with Gasteiger partial charge in [-0.2, -0.15) is 0 Å². The highest BCUT2D eigenvalue weighted by Crippen LogP contribution is 2.30. The van der Waals surface area contributed by atoms with Crippen LogP contribution in [0.4, 0.5) is 11.4 Å². The fourth-order valence-corrected chi connectivity index (χ4v) is 2.70. The van der Waals surface area contributed by atoms with Gasteiger partial charge in [0.2, 0.25) is 0 Å². The second-order valence-corrected chi connectivity index (χ2v) is 7.01. The summed E-state index contributed by atoms with van der Waals surface area (Å²) in [5.74, 6) is 0.307. The Labute approximate surface area is 134 Å². The van der Waals surface area contributed by atoms with Crippen molar-refractivity contribution in [3.63, 3.8) is 0 Å². The van der Waals surface area contributed by atoms with Crippen LogP contribution < -0.4 is 10.6 Å². The Kier molecular flexibility index (Phi) is 6.72. The van der Waals surface area contributed by atoms with Gasteiger partial charge < -0.3 is 15.7 Å². The number of nitrogens with zero attached hydrogens (tertiary/aromatic N) is 1. The van der Waals surface area contributed by atoms with Crippen LogP contribution in [0, 0.1) is 11.8 Å². The fourth-order valence-electron chi connectivity index (χ4n) is 2.70. The molecule has 0 bridgehead atoms. The van der Waals surface area contributed by atoms with Crippen LogP contribution in [0.25, 0.3) is 0 Å². The van der Waals surface area contributed by atoms with E-state index in [0.717, 1.165) is 30.0 Å². The average molecular weight is 306 g/mol. The maximum Gasteiger partial charge on any atom is 0.303 e. The molecular formula is C18H30N2O2. The summed E-state index contributed by atoms with van der Waals surface area (Å²) in [5, 5.41) is 8.92. The van der Waals surface area contributed by atoms with Crippen LogP contribution in [0.3, 0.4) is 0 Å². The Hall–Kier alpha value is -1.71. The molecule has 0 radical (unpaired) electrons. The molecule has 0 aliphatic rings. The minimum absolute atomic E-state index is 0.0301. The van der Waals surface area contributed by atoms with Gasteiger partial charge in [0.1, 0.15) is 0 Å². The van der Waals surface area contributed by atoms with Gasteiger partial charge in [0.25, 0.3) is 0 Å². The molecule has 1 aromatic carbocycles. The third-order valence-corrected chi connectivity index (χ3v) is 3.61. The van der Waals surface area contributed by atoms with Crippen LogP contribution in [0.5, 0.6) is 0 Å². The molecule has 0 saturated heterocycles. The molecule has 0 unspecified atom stereocenters. The maximum atomic E-state index is 10.8. The third-order valence-electron chi connectivity index (χ3n) is 3.61. The van der Waals surface area contributed by atoms with Gasteiger partial charge >= 0.3 is 5.97 Å². The molecule has 22 heavy (non-hydrogen) atoms. The predicted molar refractivity (Wildman–Crippen MR) is 93.4 cm³/mol. The summed E-state index contributed by atoms with van der Waals surface area (Å²) in [6, 6.07) is 5.97. The first-order valence-electron chi connectivity index (χ1n) is 8.06. The van der Waals surface area contributed by atoms with E-state index in [1.807, 2.05) is 25.1 Å². The molecule has 0 saturated carbocycles. The minimum Gasteiger partial charge on any atom is -0.481 e. The first-order chi connectivity index (χ1) is 10.2. The summed E-state index contributed by atoms with van der Waals surface area (Å²) in [6.45, 7) is 12.7. The summed E-state index contributed by atoms with van der Waals surface area (Å²) in [7, 11) is 0.